The van der Waals surface area contributed by atoms with Crippen molar-refractivity contribution in [1.29, 1.82) is 0 Å². The Morgan fingerprint density at radius 3 is 1.75 bits per heavy atom. The van der Waals surface area contributed by atoms with Crippen LogP contribution in [0.1, 0.15) is 7.43 Å². The van der Waals surface area contributed by atoms with Crippen LogP contribution in [0.15, 0.2) is 30.3 Å². The van der Waals surface area contributed by atoms with E-state index in [1.807, 2.05) is 18.2 Å². The minimum atomic E-state index is 0. The van der Waals surface area contributed by atoms with Crippen molar-refractivity contribution >= 4 is 22.0 Å². The molecule has 1 aromatic rings. The molecule has 0 spiro atoms. The van der Waals surface area contributed by atoms with Gasteiger partial charge in [-0.2, -0.15) is 0 Å². The maximum absolute atomic E-state index is 2.08. The summed E-state index contributed by atoms with van der Waals surface area (Å²) in [5.74, 6) is 0. The topological polar surface area (TPSA) is 0 Å². The number of hydrogen-bond acceptors (Lipinski definition) is 0. The second kappa shape index (κ2) is 3.78. The van der Waals surface area contributed by atoms with E-state index in [0.29, 0.717) is 0 Å². The summed E-state index contributed by atoms with van der Waals surface area (Å²) < 4.78 is 1.32. The molecule has 1 rings (SSSR count). The molecular formula is C7H9Li. The van der Waals surface area contributed by atoms with E-state index in [9.17, 15) is 0 Å². The summed E-state index contributed by atoms with van der Waals surface area (Å²) in [6, 6.07) is 10.3. The van der Waals surface area contributed by atoms with E-state index in [1.165, 1.54) is 4.24 Å². The zero-order chi connectivity index (χ0) is 5.11. The second-order valence-electron chi connectivity index (χ2n) is 1.65. The molecular weight excluding hydrogens is 91.0 g/mol. The van der Waals surface area contributed by atoms with Gasteiger partial charge in [0.05, 0.1) is 0 Å². The Morgan fingerprint density at radius 1 is 1.00 bits per heavy atom. The van der Waals surface area contributed by atoms with Crippen LogP contribution < -0.4 is 4.24 Å². The van der Waals surface area contributed by atoms with Gasteiger partial charge in [0.15, 0.2) is 0 Å². The van der Waals surface area contributed by atoms with E-state index in [4.69, 9.17) is 0 Å². The van der Waals surface area contributed by atoms with Crippen LogP contribution in [0.4, 0.5) is 0 Å². The van der Waals surface area contributed by atoms with Crippen molar-refractivity contribution in [2.24, 2.45) is 0 Å². The SMILES string of the molecule is C.[Li][c]1ccccc1. The molecule has 1 aromatic carbocycles. The molecule has 0 aliphatic carbocycles. The van der Waals surface area contributed by atoms with Crippen molar-refractivity contribution in [2.45, 2.75) is 7.43 Å². The molecule has 38 valence electrons. The summed E-state index contributed by atoms with van der Waals surface area (Å²) in [5, 5.41) is 0. The fraction of sp³-hybridized carbons (Fsp3) is 0.143. The Morgan fingerprint density at radius 2 is 1.50 bits per heavy atom. The van der Waals surface area contributed by atoms with Crippen LogP contribution in [0.2, 0.25) is 0 Å². The first kappa shape index (κ1) is 7.82. The predicted molar refractivity (Wildman–Crippen MR) is 38.6 cm³/mol. The van der Waals surface area contributed by atoms with Gasteiger partial charge in [0.1, 0.15) is 0 Å². The molecule has 0 unspecified atom stereocenters. The van der Waals surface area contributed by atoms with Gasteiger partial charge in [-0.3, -0.25) is 0 Å². The fourth-order valence-corrected chi connectivity index (χ4v) is 0.534. The molecule has 0 bridgehead atoms. The van der Waals surface area contributed by atoms with Gasteiger partial charge in [0, 0.05) is 0 Å². The van der Waals surface area contributed by atoms with Crippen molar-refractivity contribution in [2.75, 3.05) is 0 Å². The molecule has 1 heteroatoms. The van der Waals surface area contributed by atoms with E-state index in [2.05, 4.69) is 29.8 Å². The van der Waals surface area contributed by atoms with Crippen molar-refractivity contribution in [3.8, 4) is 0 Å². The zero-order valence-electron chi connectivity index (χ0n) is 4.39. The molecule has 0 fully saturated rings. The predicted octanol–water partition coefficient (Wildman–Crippen LogP) is 1.12. The first-order chi connectivity index (χ1) is 3.39. The number of rotatable bonds is 0. The Bertz CT molecular complexity index is 134. The fourth-order valence-electron chi connectivity index (χ4n) is 0.534. The molecule has 8 heavy (non-hydrogen) atoms. The molecule has 0 aliphatic rings. The van der Waals surface area contributed by atoms with Gasteiger partial charge in [0.2, 0.25) is 0 Å². The monoisotopic (exact) mass is 100 g/mol. The van der Waals surface area contributed by atoms with E-state index in [0.717, 1.165) is 0 Å². The molecule has 0 saturated heterocycles. The average Bonchev–Trinajstić information content (AvgIpc) is 1.69. The third-order valence-electron chi connectivity index (χ3n) is 0.940. The molecule has 0 aromatic heterocycles. The molecule has 0 saturated carbocycles. The Balaban J connectivity index is 0.000000490. The summed E-state index contributed by atoms with van der Waals surface area (Å²) in [7, 11) is 0. The van der Waals surface area contributed by atoms with Gasteiger partial charge in [-0.15, -0.1) is 0 Å². The molecule has 0 aliphatic heterocycles. The number of hydrogen-bond donors (Lipinski definition) is 0. The molecule has 0 N–H and O–H groups in total. The molecule has 0 radical (unpaired) electrons. The molecule has 0 amide bonds. The van der Waals surface area contributed by atoms with Crippen molar-refractivity contribution in [1.82, 2.24) is 0 Å². The third kappa shape index (κ3) is 2.21. The maximum atomic E-state index is 2.08. The number of benzene rings is 1. The minimum absolute atomic E-state index is 0. The van der Waals surface area contributed by atoms with Crippen LogP contribution in [0.25, 0.3) is 0 Å². The van der Waals surface area contributed by atoms with E-state index in [-0.39, 0.29) is 7.43 Å². The van der Waals surface area contributed by atoms with E-state index >= 15 is 0 Å². The summed E-state index contributed by atoms with van der Waals surface area (Å²) in [6.07, 6.45) is 0. The molecule has 0 atom stereocenters. The van der Waals surface area contributed by atoms with Gasteiger partial charge in [-0.05, 0) is 0 Å². The van der Waals surface area contributed by atoms with Crippen LogP contribution >= 0.6 is 0 Å². The van der Waals surface area contributed by atoms with Crippen LogP contribution in [0.5, 0.6) is 0 Å². The van der Waals surface area contributed by atoms with E-state index in [1.54, 1.807) is 0 Å². The zero-order valence-corrected chi connectivity index (χ0v) is 4.39. The average molecular weight is 100 g/mol. The van der Waals surface area contributed by atoms with Gasteiger partial charge >= 0.3 is 52.3 Å². The molecule has 0 heterocycles. The summed E-state index contributed by atoms with van der Waals surface area (Å²) in [4.78, 5) is 0. The van der Waals surface area contributed by atoms with Gasteiger partial charge in [-0.25, -0.2) is 0 Å². The molecule has 0 nitrogen and oxygen atoms in total. The first-order valence-electron chi connectivity index (χ1n) is 2.41. The van der Waals surface area contributed by atoms with Gasteiger partial charge in [-0.1, -0.05) is 7.43 Å². The van der Waals surface area contributed by atoms with Crippen molar-refractivity contribution in [3.05, 3.63) is 30.3 Å². The Hall–Kier alpha value is -0.183. The normalized spacial score (nSPS) is 7.75. The van der Waals surface area contributed by atoms with Gasteiger partial charge in [0.25, 0.3) is 0 Å². The van der Waals surface area contributed by atoms with Crippen LogP contribution in [0, 0.1) is 0 Å². The van der Waals surface area contributed by atoms with Crippen molar-refractivity contribution in [3.63, 3.8) is 0 Å². The van der Waals surface area contributed by atoms with Crippen molar-refractivity contribution < 1.29 is 0 Å². The quantitative estimate of drug-likeness (QED) is 0.428. The third-order valence-corrected chi connectivity index (χ3v) is 0.940. The summed E-state index contributed by atoms with van der Waals surface area (Å²) in [6.45, 7) is 0. The van der Waals surface area contributed by atoms with Gasteiger partial charge < -0.3 is 0 Å². The summed E-state index contributed by atoms with van der Waals surface area (Å²) >= 11 is 2.08. The first-order valence-corrected chi connectivity index (χ1v) is 2.41. The summed E-state index contributed by atoms with van der Waals surface area (Å²) in [5.41, 5.74) is 0. The van der Waals surface area contributed by atoms with Crippen LogP contribution in [0.3, 0.4) is 0 Å². The van der Waals surface area contributed by atoms with Crippen LogP contribution in [-0.4, -0.2) is 17.7 Å². The Labute approximate surface area is 60.1 Å². The van der Waals surface area contributed by atoms with Crippen LogP contribution in [-0.2, 0) is 0 Å². The van der Waals surface area contributed by atoms with E-state index < -0.39 is 0 Å². The standard InChI is InChI=1S/C6H5.CH4.Li/c1-2-4-6-5-3-1;;/h1-5H;1H4;. The second-order valence-corrected chi connectivity index (χ2v) is 1.65. The Kier molecular flexibility index (Phi) is 3.69.